The SMILES string of the molecule is Cc1cc2c(NC3c4ccccc4CCC3N3CCCC3CO)ncnc2[nH]1. The van der Waals surface area contributed by atoms with E-state index >= 15 is 0 Å². The van der Waals surface area contributed by atoms with Gasteiger partial charge in [-0.1, -0.05) is 24.3 Å². The molecule has 2 aliphatic rings. The number of rotatable bonds is 4. The van der Waals surface area contributed by atoms with Gasteiger partial charge in [0.25, 0.3) is 0 Å². The minimum atomic E-state index is 0.144. The summed E-state index contributed by atoms with van der Waals surface area (Å²) < 4.78 is 0. The van der Waals surface area contributed by atoms with Crippen LogP contribution in [0.25, 0.3) is 11.0 Å². The fourth-order valence-corrected chi connectivity index (χ4v) is 5.10. The molecule has 2 aromatic heterocycles. The van der Waals surface area contributed by atoms with Crippen LogP contribution < -0.4 is 5.32 Å². The molecule has 5 rings (SSSR count). The Morgan fingerprint density at radius 3 is 3.04 bits per heavy atom. The van der Waals surface area contributed by atoms with Crippen molar-refractivity contribution in [2.75, 3.05) is 18.5 Å². The maximum Gasteiger partial charge on any atom is 0.143 e. The largest absolute Gasteiger partial charge is 0.395 e. The first-order chi connectivity index (χ1) is 13.7. The standard InChI is InChI=1S/C22H27N5O/c1-14-11-18-21(25-14)23-13-24-22(18)26-20-17-7-3-2-5-15(17)8-9-19(20)27-10-4-6-16(27)12-28/h2-3,5,7,11,13,16,19-20,28H,4,6,8-10,12H2,1H3,(H2,23,24,25,26). The Labute approximate surface area is 165 Å². The molecule has 3 atom stereocenters. The fraction of sp³-hybridized carbons (Fsp3) is 0.455. The van der Waals surface area contributed by atoms with Gasteiger partial charge in [-0.2, -0.15) is 0 Å². The lowest BCUT2D eigenvalue weighted by Gasteiger charge is -2.42. The summed E-state index contributed by atoms with van der Waals surface area (Å²) in [5.41, 5.74) is 4.71. The highest BCUT2D eigenvalue weighted by molar-refractivity contribution is 5.87. The van der Waals surface area contributed by atoms with E-state index in [1.54, 1.807) is 6.33 Å². The number of nitrogens with zero attached hydrogens (tertiary/aromatic N) is 3. The molecule has 1 fully saturated rings. The number of aryl methyl sites for hydroxylation is 2. The highest BCUT2D eigenvalue weighted by atomic mass is 16.3. The molecular weight excluding hydrogens is 350 g/mol. The van der Waals surface area contributed by atoms with Crippen LogP contribution in [-0.2, 0) is 6.42 Å². The predicted octanol–water partition coefficient (Wildman–Crippen LogP) is 3.19. The molecule has 28 heavy (non-hydrogen) atoms. The second kappa shape index (κ2) is 7.18. The molecule has 6 heteroatoms. The molecule has 6 nitrogen and oxygen atoms in total. The summed E-state index contributed by atoms with van der Waals surface area (Å²) >= 11 is 0. The van der Waals surface area contributed by atoms with E-state index in [1.807, 2.05) is 6.92 Å². The third-order valence-electron chi connectivity index (χ3n) is 6.40. The second-order valence-electron chi connectivity index (χ2n) is 8.08. The third kappa shape index (κ3) is 2.97. The quantitative estimate of drug-likeness (QED) is 0.651. The Kier molecular flexibility index (Phi) is 4.53. The van der Waals surface area contributed by atoms with Gasteiger partial charge in [0.1, 0.15) is 17.8 Å². The topological polar surface area (TPSA) is 77.1 Å². The van der Waals surface area contributed by atoms with Crippen molar-refractivity contribution in [3.63, 3.8) is 0 Å². The Hall–Kier alpha value is -2.44. The molecule has 3 heterocycles. The summed E-state index contributed by atoms with van der Waals surface area (Å²) in [5.74, 6) is 0.876. The molecule has 3 aromatic rings. The number of anilines is 1. The molecule has 0 amide bonds. The van der Waals surface area contributed by atoms with Gasteiger partial charge in [-0.05, 0) is 56.3 Å². The number of nitrogens with one attached hydrogen (secondary N) is 2. The van der Waals surface area contributed by atoms with Gasteiger partial charge < -0.3 is 15.4 Å². The van der Waals surface area contributed by atoms with Crippen LogP contribution in [0.15, 0.2) is 36.7 Å². The van der Waals surface area contributed by atoms with Crippen molar-refractivity contribution in [1.29, 1.82) is 0 Å². The smallest absolute Gasteiger partial charge is 0.143 e. The lowest BCUT2D eigenvalue weighted by molar-refractivity contribution is 0.100. The van der Waals surface area contributed by atoms with E-state index in [0.717, 1.165) is 54.8 Å². The zero-order valence-corrected chi connectivity index (χ0v) is 16.2. The molecule has 1 aromatic carbocycles. The number of H-pyrrole nitrogens is 1. The van der Waals surface area contributed by atoms with Crippen LogP contribution in [0, 0.1) is 6.92 Å². The van der Waals surface area contributed by atoms with Crippen LogP contribution in [0.1, 0.15) is 42.1 Å². The normalized spacial score (nSPS) is 25.1. The third-order valence-corrected chi connectivity index (χ3v) is 6.40. The molecule has 1 aliphatic heterocycles. The molecule has 0 bridgehead atoms. The highest BCUT2D eigenvalue weighted by Crippen LogP contribution is 2.38. The van der Waals surface area contributed by atoms with Gasteiger partial charge in [0, 0.05) is 17.8 Å². The minimum absolute atomic E-state index is 0.144. The van der Waals surface area contributed by atoms with Crippen molar-refractivity contribution < 1.29 is 5.11 Å². The van der Waals surface area contributed by atoms with E-state index in [9.17, 15) is 5.11 Å². The highest BCUT2D eigenvalue weighted by Gasteiger charge is 2.38. The summed E-state index contributed by atoms with van der Waals surface area (Å²) in [6, 6.07) is 11.6. The van der Waals surface area contributed by atoms with E-state index < -0.39 is 0 Å². The van der Waals surface area contributed by atoms with Gasteiger partial charge in [0.2, 0.25) is 0 Å². The van der Waals surface area contributed by atoms with Gasteiger partial charge in [-0.15, -0.1) is 0 Å². The van der Waals surface area contributed by atoms with Gasteiger partial charge in [-0.25, -0.2) is 9.97 Å². The van der Waals surface area contributed by atoms with Gasteiger partial charge >= 0.3 is 0 Å². The number of hydrogen-bond acceptors (Lipinski definition) is 5. The van der Waals surface area contributed by atoms with E-state index in [2.05, 4.69) is 55.5 Å². The molecule has 146 valence electrons. The Morgan fingerprint density at radius 2 is 2.14 bits per heavy atom. The maximum absolute atomic E-state index is 9.90. The molecule has 0 spiro atoms. The van der Waals surface area contributed by atoms with E-state index in [0.29, 0.717) is 6.04 Å². The van der Waals surface area contributed by atoms with Crippen molar-refractivity contribution in [3.8, 4) is 0 Å². The average molecular weight is 377 g/mol. The Balaban J connectivity index is 1.56. The number of aliphatic hydroxyl groups excluding tert-OH is 1. The Morgan fingerprint density at radius 1 is 1.25 bits per heavy atom. The first kappa shape index (κ1) is 17.6. The second-order valence-corrected chi connectivity index (χ2v) is 8.08. The molecule has 1 aliphatic carbocycles. The van der Waals surface area contributed by atoms with Gasteiger partial charge in [0.15, 0.2) is 0 Å². The molecule has 0 saturated carbocycles. The molecule has 1 saturated heterocycles. The van der Waals surface area contributed by atoms with Crippen LogP contribution >= 0.6 is 0 Å². The number of aromatic amines is 1. The molecule has 3 N–H and O–H groups in total. The number of fused-ring (bicyclic) bond motifs is 2. The van der Waals surface area contributed by atoms with E-state index in [1.165, 1.54) is 11.1 Å². The van der Waals surface area contributed by atoms with E-state index in [4.69, 9.17) is 0 Å². The zero-order chi connectivity index (χ0) is 19.1. The average Bonchev–Trinajstić information content (AvgIpc) is 3.34. The summed E-state index contributed by atoms with van der Waals surface area (Å²) in [5, 5.41) is 14.7. The van der Waals surface area contributed by atoms with Crippen molar-refractivity contribution >= 4 is 16.9 Å². The van der Waals surface area contributed by atoms with Gasteiger partial charge in [-0.3, -0.25) is 4.90 Å². The summed E-state index contributed by atoms with van der Waals surface area (Å²) in [6.45, 7) is 3.33. The van der Waals surface area contributed by atoms with E-state index in [-0.39, 0.29) is 18.7 Å². The van der Waals surface area contributed by atoms with Crippen molar-refractivity contribution in [3.05, 3.63) is 53.5 Å². The lowest BCUT2D eigenvalue weighted by atomic mass is 9.83. The number of benzene rings is 1. The van der Waals surface area contributed by atoms with Crippen molar-refractivity contribution in [2.45, 2.75) is 50.7 Å². The summed E-state index contributed by atoms with van der Waals surface area (Å²) in [6.07, 6.45) is 6.03. The maximum atomic E-state index is 9.90. The molecule has 0 radical (unpaired) electrons. The molecular formula is C22H27N5O. The predicted molar refractivity (Wildman–Crippen MR) is 110 cm³/mol. The lowest BCUT2D eigenvalue weighted by Crippen LogP contribution is -2.48. The number of aliphatic hydroxyl groups is 1. The summed E-state index contributed by atoms with van der Waals surface area (Å²) in [7, 11) is 0. The zero-order valence-electron chi connectivity index (χ0n) is 16.2. The monoisotopic (exact) mass is 377 g/mol. The first-order valence-electron chi connectivity index (χ1n) is 10.3. The number of likely N-dealkylation sites (tertiary alicyclic amines) is 1. The van der Waals surface area contributed by atoms with Gasteiger partial charge in [0.05, 0.1) is 18.0 Å². The first-order valence-corrected chi connectivity index (χ1v) is 10.3. The Bertz CT molecular complexity index is 984. The van der Waals surface area contributed by atoms with Crippen LogP contribution in [-0.4, -0.2) is 50.2 Å². The summed E-state index contributed by atoms with van der Waals surface area (Å²) in [4.78, 5) is 14.8. The van der Waals surface area contributed by atoms with Crippen molar-refractivity contribution in [2.24, 2.45) is 0 Å². The van der Waals surface area contributed by atoms with Crippen LogP contribution in [0.5, 0.6) is 0 Å². The molecule has 3 unspecified atom stereocenters. The number of aromatic nitrogens is 3. The van der Waals surface area contributed by atoms with Crippen LogP contribution in [0.2, 0.25) is 0 Å². The number of hydrogen-bond donors (Lipinski definition) is 3. The van der Waals surface area contributed by atoms with Crippen LogP contribution in [0.3, 0.4) is 0 Å². The van der Waals surface area contributed by atoms with Crippen LogP contribution in [0.4, 0.5) is 5.82 Å². The minimum Gasteiger partial charge on any atom is -0.395 e. The van der Waals surface area contributed by atoms with Crippen molar-refractivity contribution in [1.82, 2.24) is 19.9 Å². The fourth-order valence-electron chi connectivity index (χ4n) is 5.10.